The second-order valence-electron chi connectivity index (χ2n) is 5.69. The zero-order valence-corrected chi connectivity index (χ0v) is 15.7. The van der Waals surface area contributed by atoms with Crippen molar-refractivity contribution in [1.29, 1.82) is 0 Å². The van der Waals surface area contributed by atoms with Crippen molar-refractivity contribution in [3.8, 4) is 11.5 Å². The van der Waals surface area contributed by atoms with E-state index in [0.29, 0.717) is 22.9 Å². The van der Waals surface area contributed by atoms with E-state index < -0.39 is 18.5 Å². The zero-order valence-electron chi connectivity index (χ0n) is 15.7. The molecule has 0 unspecified atom stereocenters. The van der Waals surface area contributed by atoms with Gasteiger partial charge in [0.1, 0.15) is 11.5 Å². The van der Waals surface area contributed by atoms with Gasteiger partial charge in [0.2, 0.25) is 5.91 Å². The fraction of sp³-hybridized carbons (Fsp3) is 0.250. The molecular formula is C20H22N2O6. The van der Waals surface area contributed by atoms with Gasteiger partial charge >= 0.3 is 5.97 Å². The maximum Gasteiger partial charge on any atom is 0.306 e. The average molecular weight is 386 g/mol. The first-order valence-electron chi connectivity index (χ1n) is 8.54. The Bertz CT molecular complexity index is 837. The van der Waals surface area contributed by atoms with Gasteiger partial charge in [0.25, 0.3) is 5.91 Å². The van der Waals surface area contributed by atoms with Crippen molar-refractivity contribution in [2.45, 2.75) is 12.8 Å². The minimum atomic E-state index is -0.643. The second kappa shape index (κ2) is 10.6. The SMILES string of the molecule is COc1cccc(NC(=O)COC(=O)CCC(=O)Nc2ccccc2OC)c1. The van der Waals surface area contributed by atoms with Gasteiger partial charge in [-0.2, -0.15) is 0 Å². The van der Waals surface area contributed by atoms with Crippen molar-refractivity contribution in [2.24, 2.45) is 0 Å². The van der Waals surface area contributed by atoms with E-state index in [9.17, 15) is 14.4 Å². The number of methoxy groups -OCH3 is 2. The molecule has 8 heteroatoms. The Morgan fingerprint density at radius 1 is 0.857 bits per heavy atom. The standard InChI is InChI=1S/C20H22N2O6/c1-26-15-7-5-6-14(12-15)21-19(24)13-28-20(25)11-10-18(23)22-16-8-3-4-9-17(16)27-2/h3-9,12H,10-11,13H2,1-2H3,(H,21,24)(H,22,23). The third-order valence-corrected chi connectivity index (χ3v) is 3.65. The van der Waals surface area contributed by atoms with Gasteiger partial charge in [-0.15, -0.1) is 0 Å². The van der Waals surface area contributed by atoms with E-state index in [-0.39, 0.29) is 18.7 Å². The van der Waals surface area contributed by atoms with E-state index in [1.165, 1.54) is 14.2 Å². The topological polar surface area (TPSA) is 103 Å². The molecule has 0 heterocycles. The quantitative estimate of drug-likeness (QED) is 0.642. The summed E-state index contributed by atoms with van der Waals surface area (Å²) in [4.78, 5) is 35.6. The molecule has 0 fully saturated rings. The van der Waals surface area contributed by atoms with Crippen molar-refractivity contribution in [3.63, 3.8) is 0 Å². The lowest BCUT2D eigenvalue weighted by atomic mass is 10.2. The highest BCUT2D eigenvalue weighted by Crippen LogP contribution is 2.23. The van der Waals surface area contributed by atoms with E-state index >= 15 is 0 Å². The molecule has 148 valence electrons. The van der Waals surface area contributed by atoms with Crippen LogP contribution in [0, 0.1) is 0 Å². The normalized spacial score (nSPS) is 9.93. The highest BCUT2D eigenvalue weighted by atomic mass is 16.5. The van der Waals surface area contributed by atoms with Gasteiger partial charge in [-0.1, -0.05) is 18.2 Å². The average Bonchev–Trinajstić information content (AvgIpc) is 2.71. The summed E-state index contributed by atoms with van der Waals surface area (Å²) in [6.45, 7) is -0.440. The summed E-state index contributed by atoms with van der Waals surface area (Å²) in [6.07, 6.45) is -0.220. The van der Waals surface area contributed by atoms with Crippen LogP contribution in [0.3, 0.4) is 0 Å². The maximum absolute atomic E-state index is 12.0. The van der Waals surface area contributed by atoms with Crippen LogP contribution in [0.1, 0.15) is 12.8 Å². The molecule has 28 heavy (non-hydrogen) atoms. The fourth-order valence-electron chi connectivity index (χ4n) is 2.29. The lowest BCUT2D eigenvalue weighted by Gasteiger charge is -2.10. The number of nitrogens with one attached hydrogen (secondary N) is 2. The number of anilines is 2. The Balaban J connectivity index is 1.71. The van der Waals surface area contributed by atoms with Crippen molar-refractivity contribution in [3.05, 3.63) is 48.5 Å². The molecule has 2 aromatic rings. The molecule has 0 atom stereocenters. The first kappa shape index (κ1) is 20.8. The number of rotatable bonds is 9. The summed E-state index contributed by atoms with van der Waals surface area (Å²) in [5.74, 6) is -0.373. The number of carbonyl (C=O) groups is 3. The van der Waals surface area contributed by atoms with Gasteiger partial charge < -0.3 is 24.8 Å². The number of esters is 1. The third kappa shape index (κ3) is 6.64. The van der Waals surface area contributed by atoms with E-state index in [4.69, 9.17) is 14.2 Å². The van der Waals surface area contributed by atoms with Crippen LogP contribution < -0.4 is 20.1 Å². The first-order chi connectivity index (χ1) is 13.5. The maximum atomic E-state index is 12.0. The molecule has 0 saturated carbocycles. The first-order valence-corrected chi connectivity index (χ1v) is 8.54. The van der Waals surface area contributed by atoms with Gasteiger partial charge in [-0.05, 0) is 24.3 Å². The van der Waals surface area contributed by atoms with Crippen LogP contribution in [0.15, 0.2) is 48.5 Å². The lowest BCUT2D eigenvalue weighted by Crippen LogP contribution is -2.21. The van der Waals surface area contributed by atoms with Crippen LogP contribution in [-0.4, -0.2) is 38.6 Å². The summed E-state index contributed by atoms with van der Waals surface area (Å²) in [7, 11) is 3.02. The third-order valence-electron chi connectivity index (χ3n) is 3.65. The van der Waals surface area contributed by atoms with Crippen molar-refractivity contribution in [2.75, 3.05) is 31.5 Å². The molecular weight excluding hydrogens is 364 g/mol. The van der Waals surface area contributed by atoms with E-state index in [0.717, 1.165) is 0 Å². The Hall–Kier alpha value is -3.55. The molecule has 2 amide bonds. The largest absolute Gasteiger partial charge is 0.497 e. The van der Waals surface area contributed by atoms with Crippen molar-refractivity contribution in [1.82, 2.24) is 0 Å². The Morgan fingerprint density at radius 3 is 2.39 bits per heavy atom. The minimum Gasteiger partial charge on any atom is -0.497 e. The van der Waals surface area contributed by atoms with Crippen LogP contribution in [0.2, 0.25) is 0 Å². The Morgan fingerprint density at radius 2 is 1.64 bits per heavy atom. The van der Waals surface area contributed by atoms with Crippen LogP contribution in [-0.2, 0) is 19.1 Å². The molecule has 0 aliphatic carbocycles. The molecule has 0 aromatic heterocycles. The number of benzene rings is 2. The minimum absolute atomic E-state index is 0.0750. The lowest BCUT2D eigenvalue weighted by molar-refractivity contribution is -0.147. The predicted octanol–water partition coefficient (Wildman–Crippen LogP) is 2.60. The number of ether oxygens (including phenoxy) is 3. The number of para-hydroxylation sites is 2. The van der Waals surface area contributed by atoms with Gasteiger partial charge in [-0.25, -0.2) is 0 Å². The summed E-state index contributed by atoms with van der Waals surface area (Å²) in [5.41, 5.74) is 1.04. The predicted molar refractivity (Wildman–Crippen MR) is 103 cm³/mol. The van der Waals surface area contributed by atoms with Crippen LogP contribution in [0.5, 0.6) is 11.5 Å². The molecule has 0 aliphatic rings. The second-order valence-corrected chi connectivity index (χ2v) is 5.69. The summed E-state index contributed by atoms with van der Waals surface area (Å²) in [6, 6.07) is 13.7. The van der Waals surface area contributed by atoms with Crippen LogP contribution >= 0.6 is 0 Å². The zero-order chi connectivity index (χ0) is 20.4. The summed E-state index contributed by atoms with van der Waals surface area (Å²) < 4.78 is 15.1. The monoisotopic (exact) mass is 386 g/mol. The van der Waals surface area contributed by atoms with E-state index in [2.05, 4.69) is 10.6 Å². The van der Waals surface area contributed by atoms with Gasteiger partial charge in [0.15, 0.2) is 6.61 Å². The number of carbonyl (C=O) groups excluding carboxylic acids is 3. The Labute approximate surface area is 162 Å². The highest BCUT2D eigenvalue weighted by molar-refractivity contribution is 5.95. The number of hydrogen-bond donors (Lipinski definition) is 2. The summed E-state index contributed by atoms with van der Waals surface area (Å²) in [5, 5.41) is 5.26. The fourth-order valence-corrected chi connectivity index (χ4v) is 2.29. The number of hydrogen-bond acceptors (Lipinski definition) is 6. The van der Waals surface area contributed by atoms with Gasteiger partial charge in [-0.3, -0.25) is 14.4 Å². The molecule has 0 bridgehead atoms. The highest BCUT2D eigenvalue weighted by Gasteiger charge is 2.12. The molecule has 2 aromatic carbocycles. The number of amides is 2. The molecule has 0 radical (unpaired) electrons. The van der Waals surface area contributed by atoms with Crippen LogP contribution in [0.25, 0.3) is 0 Å². The smallest absolute Gasteiger partial charge is 0.306 e. The van der Waals surface area contributed by atoms with Crippen LogP contribution in [0.4, 0.5) is 11.4 Å². The van der Waals surface area contributed by atoms with Crippen molar-refractivity contribution < 1.29 is 28.6 Å². The molecule has 2 N–H and O–H groups in total. The van der Waals surface area contributed by atoms with Gasteiger partial charge in [0, 0.05) is 18.2 Å². The van der Waals surface area contributed by atoms with E-state index in [1.807, 2.05) is 0 Å². The molecule has 2 rings (SSSR count). The molecule has 0 aliphatic heterocycles. The Kier molecular flexibility index (Phi) is 7.83. The summed E-state index contributed by atoms with van der Waals surface area (Å²) >= 11 is 0. The van der Waals surface area contributed by atoms with Gasteiger partial charge in [0.05, 0.1) is 26.3 Å². The van der Waals surface area contributed by atoms with E-state index in [1.54, 1.807) is 48.5 Å². The molecule has 0 spiro atoms. The molecule has 0 saturated heterocycles. The molecule has 8 nitrogen and oxygen atoms in total. The van der Waals surface area contributed by atoms with Crippen molar-refractivity contribution >= 4 is 29.2 Å².